The second-order valence-corrected chi connectivity index (χ2v) is 5.33. The van der Waals surface area contributed by atoms with Gasteiger partial charge in [0.05, 0.1) is 28.8 Å². The number of fused-ring (bicyclic) bond motifs is 1. The first-order chi connectivity index (χ1) is 11.8. The second kappa shape index (κ2) is 6.04. The number of pyridine rings is 1. The van der Waals surface area contributed by atoms with Gasteiger partial charge in [0.15, 0.2) is 5.65 Å². The van der Waals surface area contributed by atoms with Crippen molar-refractivity contribution in [1.29, 1.82) is 0 Å². The normalized spacial score (nSPS) is 11.5. The first kappa shape index (κ1) is 16.7. The predicted molar refractivity (Wildman–Crippen MR) is 87.4 cm³/mol. The summed E-state index contributed by atoms with van der Waals surface area (Å²) in [5.74, 6) is -0.367. The quantitative estimate of drug-likeness (QED) is 0.733. The minimum Gasteiger partial charge on any atom is -0.321 e. The average Bonchev–Trinajstić information content (AvgIpc) is 2.90. The van der Waals surface area contributed by atoms with Crippen LogP contribution in [0.2, 0.25) is 0 Å². The molecule has 0 unspecified atom stereocenters. The topological polar surface area (TPSA) is 59.8 Å². The zero-order valence-electron chi connectivity index (χ0n) is 13.1. The molecule has 5 nitrogen and oxygen atoms in total. The lowest BCUT2D eigenvalue weighted by Crippen LogP contribution is -2.07. The lowest BCUT2D eigenvalue weighted by Gasteiger charge is -2.08. The fraction of sp³-hybridized carbons (Fsp3) is 0.118. The zero-order valence-corrected chi connectivity index (χ0v) is 13.1. The van der Waals surface area contributed by atoms with Crippen LogP contribution in [0.4, 0.5) is 18.9 Å². The number of anilines is 1. The van der Waals surface area contributed by atoms with E-state index in [2.05, 4.69) is 22.0 Å². The van der Waals surface area contributed by atoms with Crippen LogP contribution in [0.3, 0.4) is 0 Å². The van der Waals surface area contributed by atoms with Gasteiger partial charge < -0.3 is 5.32 Å². The van der Waals surface area contributed by atoms with Crippen LogP contribution in [0, 0.1) is 6.92 Å². The molecule has 8 heteroatoms. The standard InChI is InChI=1S/C17H13F3N4O/c1-3-15(25)22-12-8-14-10(2)23-24(16(14)21-9-12)13-6-4-11(5-7-13)17(18,19)20/h3-9H,1H2,2H3,(H,22,25). The lowest BCUT2D eigenvalue weighted by molar-refractivity contribution is -0.137. The van der Waals surface area contributed by atoms with Gasteiger partial charge in [0.25, 0.3) is 0 Å². The Morgan fingerprint density at radius 3 is 2.56 bits per heavy atom. The van der Waals surface area contributed by atoms with Crippen LogP contribution < -0.4 is 5.32 Å². The lowest BCUT2D eigenvalue weighted by atomic mass is 10.2. The van der Waals surface area contributed by atoms with Gasteiger partial charge in [-0.1, -0.05) is 6.58 Å². The Hall–Kier alpha value is -3.16. The molecule has 2 aromatic heterocycles. The van der Waals surface area contributed by atoms with Gasteiger partial charge in [-0.3, -0.25) is 4.79 Å². The number of nitrogens with zero attached hydrogens (tertiary/aromatic N) is 3. The maximum Gasteiger partial charge on any atom is 0.416 e. The number of nitrogens with one attached hydrogen (secondary N) is 1. The molecular formula is C17H13F3N4O. The third-order valence-corrected chi connectivity index (χ3v) is 3.60. The molecule has 25 heavy (non-hydrogen) atoms. The van der Waals surface area contributed by atoms with E-state index < -0.39 is 11.7 Å². The Bertz CT molecular complexity index is 958. The largest absolute Gasteiger partial charge is 0.416 e. The van der Waals surface area contributed by atoms with E-state index in [1.54, 1.807) is 13.0 Å². The van der Waals surface area contributed by atoms with Crippen molar-refractivity contribution in [3.63, 3.8) is 0 Å². The van der Waals surface area contributed by atoms with E-state index in [4.69, 9.17) is 0 Å². The molecule has 0 aliphatic carbocycles. The van der Waals surface area contributed by atoms with Gasteiger partial charge in [-0.15, -0.1) is 0 Å². The van der Waals surface area contributed by atoms with Crippen LogP contribution in [0.1, 0.15) is 11.3 Å². The summed E-state index contributed by atoms with van der Waals surface area (Å²) in [6.07, 6.45) is -1.80. The first-order valence-electron chi connectivity index (χ1n) is 7.26. The summed E-state index contributed by atoms with van der Waals surface area (Å²) in [7, 11) is 0. The highest BCUT2D eigenvalue weighted by Crippen LogP contribution is 2.30. The molecule has 0 saturated heterocycles. The molecule has 1 N–H and O–H groups in total. The molecule has 3 rings (SSSR count). The molecule has 128 valence electrons. The molecule has 0 spiro atoms. The number of benzene rings is 1. The number of alkyl halides is 3. The minimum atomic E-state index is -4.39. The van der Waals surface area contributed by atoms with E-state index in [-0.39, 0.29) is 5.91 Å². The van der Waals surface area contributed by atoms with E-state index >= 15 is 0 Å². The van der Waals surface area contributed by atoms with Gasteiger partial charge in [0, 0.05) is 5.39 Å². The highest BCUT2D eigenvalue weighted by Gasteiger charge is 2.30. The molecule has 0 aliphatic rings. The number of halogens is 3. The Balaban J connectivity index is 2.03. The number of amides is 1. The second-order valence-electron chi connectivity index (χ2n) is 5.33. The fourth-order valence-electron chi connectivity index (χ4n) is 2.38. The third kappa shape index (κ3) is 3.23. The van der Waals surface area contributed by atoms with Crippen molar-refractivity contribution in [3.05, 3.63) is 60.4 Å². The van der Waals surface area contributed by atoms with E-state index in [0.717, 1.165) is 18.2 Å². The minimum absolute atomic E-state index is 0.367. The number of aromatic nitrogens is 3. The molecule has 1 amide bonds. The van der Waals surface area contributed by atoms with Gasteiger partial charge in [-0.2, -0.15) is 18.3 Å². The van der Waals surface area contributed by atoms with Crippen molar-refractivity contribution in [2.24, 2.45) is 0 Å². The van der Waals surface area contributed by atoms with Gasteiger partial charge in [0.1, 0.15) is 0 Å². The molecular weight excluding hydrogens is 333 g/mol. The number of carbonyl (C=O) groups excluding carboxylic acids is 1. The number of carbonyl (C=O) groups is 1. The molecule has 0 atom stereocenters. The predicted octanol–water partition coefficient (Wildman–Crippen LogP) is 3.87. The van der Waals surface area contributed by atoms with E-state index in [1.807, 2.05) is 0 Å². The average molecular weight is 346 g/mol. The molecule has 0 aliphatic heterocycles. The van der Waals surface area contributed by atoms with Gasteiger partial charge in [-0.05, 0) is 43.3 Å². The van der Waals surface area contributed by atoms with Crippen molar-refractivity contribution < 1.29 is 18.0 Å². The van der Waals surface area contributed by atoms with Crippen molar-refractivity contribution in [1.82, 2.24) is 14.8 Å². The highest BCUT2D eigenvalue weighted by molar-refractivity contribution is 6.00. The van der Waals surface area contributed by atoms with Gasteiger partial charge in [-0.25, -0.2) is 9.67 Å². The summed E-state index contributed by atoms with van der Waals surface area (Å²) in [6.45, 7) is 5.13. The molecule has 2 heterocycles. The summed E-state index contributed by atoms with van der Waals surface area (Å²) in [6, 6.07) is 6.37. The van der Waals surface area contributed by atoms with Crippen molar-refractivity contribution >= 4 is 22.6 Å². The van der Waals surface area contributed by atoms with Crippen LogP contribution in [-0.2, 0) is 11.0 Å². The van der Waals surface area contributed by atoms with Gasteiger partial charge >= 0.3 is 6.18 Å². The fourth-order valence-corrected chi connectivity index (χ4v) is 2.38. The Morgan fingerprint density at radius 2 is 1.96 bits per heavy atom. The maximum atomic E-state index is 12.7. The number of rotatable bonds is 3. The van der Waals surface area contributed by atoms with Crippen molar-refractivity contribution in [2.45, 2.75) is 13.1 Å². The number of aryl methyl sites for hydroxylation is 1. The summed E-state index contributed by atoms with van der Waals surface area (Å²) in [5.41, 5.74) is 1.33. The molecule has 3 aromatic rings. The Labute approximate surface area is 140 Å². The highest BCUT2D eigenvalue weighted by atomic mass is 19.4. The molecule has 1 aromatic carbocycles. The van der Waals surface area contributed by atoms with Crippen LogP contribution in [0.15, 0.2) is 49.2 Å². The van der Waals surface area contributed by atoms with E-state index in [9.17, 15) is 18.0 Å². The van der Waals surface area contributed by atoms with Crippen LogP contribution >= 0.6 is 0 Å². The Kier molecular flexibility index (Phi) is 4.03. The number of hydrogen-bond acceptors (Lipinski definition) is 3. The van der Waals surface area contributed by atoms with Crippen LogP contribution in [0.5, 0.6) is 0 Å². The molecule has 0 fully saturated rings. The Morgan fingerprint density at radius 1 is 1.28 bits per heavy atom. The van der Waals surface area contributed by atoms with Gasteiger partial charge in [0.2, 0.25) is 5.91 Å². The summed E-state index contributed by atoms with van der Waals surface area (Å²) in [5, 5.41) is 7.62. The monoisotopic (exact) mass is 346 g/mol. The summed E-state index contributed by atoms with van der Waals surface area (Å²) in [4.78, 5) is 15.6. The third-order valence-electron chi connectivity index (χ3n) is 3.60. The smallest absolute Gasteiger partial charge is 0.321 e. The SMILES string of the molecule is C=CC(=O)Nc1cnc2c(c1)c(C)nn2-c1ccc(C(F)(F)F)cc1. The number of hydrogen-bond donors (Lipinski definition) is 1. The zero-order chi connectivity index (χ0) is 18.2. The maximum absolute atomic E-state index is 12.7. The van der Waals surface area contributed by atoms with E-state index in [1.165, 1.54) is 23.0 Å². The van der Waals surface area contributed by atoms with Crippen molar-refractivity contribution in [3.8, 4) is 5.69 Å². The molecule has 0 radical (unpaired) electrons. The first-order valence-corrected chi connectivity index (χ1v) is 7.26. The van der Waals surface area contributed by atoms with Crippen molar-refractivity contribution in [2.75, 3.05) is 5.32 Å². The molecule has 0 saturated carbocycles. The molecule has 0 bridgehead atoms. The summed E-state index contributed by atoms with van der Waals surface area (Å²) >= 11 is 0. The van der Waals surface area contributed by atoms with Crippen LogP contribution in [0.25, 0.3) is 16.7 Å². The van der Waals surface area contributed by atoms with Crippen LogP contribution in [-0.4, -0.2) is 20.7 Å². The van der Waals surface area contributed by atoms with E-state index in [0.29, 0.717) is 28.1 Å². The summed E-state index contributed by atoms with van der Waals surface area (Å²) < 4.78 is 39.5.